The highest BCUT2D eigenvalue weighted by atomic mass is 16.4. The van der Waals surface area contributed by atoms with Crippen LogP contribution in [0.1, 0.15) is 43.6 Å². The van der Waals surface area contributed by atoms with Gasteiger partial charge in [0.15, 0.2) is 0 Å². The van der Waals surface area contributed by atoms with Crippen LogP contribution in [0.3, 0.4) is 0 Å². The van der Waals surface area contributed by atoms with Gasteiger partial charge in [0.1, 0.15) is 12.0 Å². The minimum atomic E-state index is -0.590. The molecule has 0 unspecified atom stereocenters. The van der Waals surface area contributed by atoms with E-state index >= 15 is 0 Å². The third kappa shape index (κ3) is 4.20. The summed E-state index contributed by atoms with van der Waals surface area (Å²) in [5.41, 5.74) is 0.220. The maximum absolute atomic E-state index is 12.1. The van der Waals surface area contributed by atoms with Gasteiger partial charge in [0.05, 0.1) is 0 Å². The predicted octanol–water partition coefficient (Wildman–Crippen LogP) is 1.55. The second-order valence-electron chi connectivity index (χ2n) is 6.15. The lowest BCUT2D eigenvalue weighted by molar-refractivity contribution is 0.0768. The van der Waals surface area contributed by atoms with Crippen LogP contribution in [-0.4, -0.2) is 53.4 Å². The first-order valence-corrected chi connectivity index (χ1v) is 7.64. The maximum atomic E-state index is 12.1. The Morgan fingerprint density at radius 2 is 2.14 bits per heavy atom. The van der Waals surface area contributed by atoms with E-state index in [1.807, 2.05) is 0 Å². The molecule has 0 atom stereocenters. The van der Waals surface area contributed by atoms with E-state index in [2.05, 4.69) is 28.1 Å². The van der Waals surface area contributed by atoms with Crippen molar-refractivity contribution in [3.05, 3.63) is 22.5 Å². The van der Waals surface area contributed by atoms with Gasteiger partial charge in [-0.1, -0.05) is 0 Å². The number of oxazole rings is 1. The van der Waals surface area contributed by atoms with Gasteiger partial charge in [-0.15, -0.1) is 0 Å². The third-order valence-corrected chi connectivity index (χ3v) is 4.35. The minimum absolute atomic E-state index is 0.194. The standard InChI is InChI=1S/C15H25N3O3/c1-11(2)18-8-5-12(6-9-18)4-7-17(3)14(19)13-10-21-15(20)16-13/h10-12H,4-9H2,1-3H3,(H,16,20). The Morgan fingerprint density at radius 3 is 2.67 bits per heavy atom. The number of amides is 1. The number of likely N-dealkylation sites (tertiary alicyclic amines) is 1. The fraction of sp³-hybridized carbons (Fsp3) is 0.733. The van der Waals surface area contributed by atoms with Crippen LogP contribution in [0.4, 0.5) is 0 Å². The molecule has 1 aromatic heterocycles. The van der Waals surface area contributed by atoms with Crippen LogP contribution in [0.2, 0.25) is 0 Å². The number of piperidine rings is 1. The second kappa shape index (κ2) is 6.93. The first kappa shape index (κ1) is 15.8. The molecule has 1 aliphatic heterocycles. The summed E-state index contributed by atoms with van der Waals surface area (Å²) in [6.45, 7) is 7.47. The van der Waals surface area contributed by atoms with Crippen molar-refractivity contribution in [2.75, 3.05) is 26.7 Å². The normalized spacial score (nSPS) is 17.3. The topological polar surface area (TPSA) is 69.5 Å². The predicted molar refractivity (Wildman–Crippen MR) is 80.3 cm³/mol. The van der Waals surface area contributed by atoms with E-state index in [1.165, 1.54) is 19.1 Å². The van der Waals surface area contributed by atoms with E-state index in [9.17, 15) is 9.59 Å². The number of rotatable bonds is 5. The third-order valence-electron chi connectivity index (χ3n) is 4.35. The number of hydrogen-bond acceptors (Lipinski definition) is 4. The largest absolute Gasteiger partial charge is 0.416 e. The molecule has 0 spiro atoms. The molecule has 2 heterocycles. The van der Waals surface area contributed by atoms with Gasteiger partial charge in [-0.3, -0.25) is 9.78 Å². The van der Waals surface area contributed by atoms with Gasteiger partial charge in [-0.2, -0.15) is 0 Å². The molecule has 1 fully saturated rings. The Bertz CT molecular complexity index is 512. The van der Waals surface area contributed by atoms with Crippen molar-refractivity contribution in [3.63, 3.8) is 0 Å². The Morgan fingerprint density at radius 1 is 1.48 bits per heavy atom. The fourth-order valence-corrected chi connectivity index (χ4v) is 2.83. The Labute approximate surface area is 125 Å². The van der Waals surface area contributed by atoms with Crippen molar-refractivity contribution in [2.45, 2.75) is 39.2 Å². The molecular formula is C15H25N3O3. The molecule has 0 saturated carbocycles. The summed E-state index contributed by atoms with van der Waals surface area (Å²) >= 11 is 0. The molecule has 1 aromatic rings. The zero-order valence-electron chi connectivity index (χ0n) is 13.1. The van der Waals surface area contributed by atoms with Crippen LogP contribution < -0.4 is 5.76 Å². The molecule has 0 aliphatic carbocycles. The summed E-state index contributed by atoms with van der Waals surface area (Å²) in [5.74, 6) is -0.105. The molecule has 2 rings (SSSR count). The van der Waals surface area contributed by atoms with Crippen LogP contribution in [0.15, 0.2) is 15.5 Å². The molecule has 0 aromatic carbocycles. The average molecular weight is 295 g/mol. The van der Waals surface area contributed by atoms with Crippen LogP contribution in [0, 0.1) is 5.92 Å². The van der Waals surface area contributed by atoms with Gasteiger partial charge in [0.2, 0.25) is 0 Å². The lowest BCUT2D eigenvalue weighted by Gasteiger charge is -2.35. The highest BCUT2D eigenvalue weighted by molar-refractivity contribution is 5.91. The average Bonchev–Trinajstić information content (AvgIpc) is 2.91. The first-order valence-electron chi connectivity index (χ1n) is 7.64. The summed E-state index contributed by atoms with van der Waals surface area (Å²) in [4.78, 5) is 29.5. The highest BCUT2D eigenvalue weighted by Crippen LogP contribution is 2.22. The summed E-state index contributed by atoms with van der Waals surface area (Å²) in [6, 6.07) is 0.619. The molecule has 21 heavy (non-hydrogen) atoms. The van der Waals surface area contributed by atoms with Crippen LogP contribution in [-0.2, 0) is 0 Å². The molecule has 1 amide bonds. The molecule has 1 aliphatic rings. The van der Waals surface area contributed by atoms with Gasteiger partial charge in [-0.25, -0.2) is 4.79 Å². The van der Waals surface area contributed by atoms with Crippen molar-refractivity contribution in [1.82, 2.24) is 14.8 Å². The number of aromatic amines is 1. The Hall–Kier alpha value is -1.56. The zero-order chi connectivity index (χ0) is 15.4. The van der Waals surface area contributed by atoms with E-state index in [1.54, 1.807) is 11.9 Å². The Balaban J connectivity index is 1.76. The van der Waals surface area contributed by atoms with Crippen molar-refractivity contribution in [2.24, 2.45) is 5.92 Å². The SMILES string of the molecule is CC(C)N1CCC(CCN(C)C(=O)c2coc(=O)[nH]2)CC1. The van der Waals surface area contributed by atoms with Gasteiger partial charge >= 0.3 is 5.76 Å². The second-order valence-corrected chi connectivity index (χ2v) is 6.15. The monoisotopic (exact) mass is 295 g/mol. The van der Waals surface area contributed by atoms with Gasteiger partial charge in [-0.05, 0) is 52.1 Å². The smallest absolute Gasteiger partial charge is 0.416 e. The molecule has 6 nitrogen and oxygen atoms in total. The maximum Gasteiger partial charge on any atom is 0.416 e. The van der Waals surface area contributed by atoms with E-state index in [0.29, 0.717) is 18.5 Å². The summed E-state index contributed by atoms with van der Waals surface area (Å²) in [6.07, 6.45) is 4.59. The first-order chi connectivity index (χ1) is 9.97. The number of H-pyrrole nitrogens is 1. The number of hydrogen-bond donors (Lipinski definition) is 1. The van der Waals surface area contributed by atoms with Crippen LogP contribution in [0.25, 0.3) is 0 Å². The van der Waals surface area contributed by atoms with Gasteiger partial charge in [0.25, 0.3) is 5.91 Å². The molecule has 118 valence electrons. The highest BCUT2D eigenvalue weighted by Gasteiger charge is 2.22. The summed E-state index contributed by atoms with van der Waals surface area (Å²) in [5, 5.41) is 0. The van der Waals surface area contributed by atoms with Crippen molar-refractivity contribution < 1.29 is 9.21 Å². The summed E-state index contributed by atoms with van der Waals surface area (Å²) in [7, 11) is 1.76. The molecule has 6 heteroatoms. The molecule has 0 bridgehead atoms. The number of carbonyl (C=O) groups is 1. The molecule has 1 saturated heterocycles. The number of nitrogens with zero attached hydrogens (tertiary/aromatic N) is 2. The zero-order valence-corrected chi connectivity index (χ0v) is 13.1. The number of carbonyl (C=O) groups excluding carboxylic acids is 1. The molecular weight excluding hydrogens is 270 g/mol. The van der Waals surface area contributed by atoms with Gasteiger partial charge in [0, 0.05) is 19.6 Å². The Kier molecular flexibility index (Phi) is 5.22. The van der Waals surface area contributed by atoms with Crippen molar-refractivity contribution in [3.8, 4) is 0 Å². The molecule has 0 radical (unpaired) electrons. The van der Waals surface area contributed by atoms with E-state index in [-0.39, 0.29) is 11.6 Å². The van der Waals surface area contributed by atoms with Crippen LogP contribution >= 0.6 is 0 Å². The van der Waals surface area contributed by atoms with E-state index < -0.39 is 5.76 Å². The van der Waals surface area contributed by atoms with Crippen molar-refractivity contribution >= 4 is 5.91 Å². The molecule has 1 N–H and O–H groups in total. The number of nitrogens with one attached hydrogen (secondary N) is 1. The summed E-state index contributed by atoms with van der Waals surface area (Å²) < 4.78 is 4.60. The van der Waals surface area contributed by atoms with E-state index in [4.69, 9.17) is 0 Å². The quantitative estimate of drug-likeness (QED) is 0.895. The number of aromatic nitrogens is 1. The minimum Gasteiger partial charge on any atom is -0.416 e. The van der Waals surface area contributed by atoms with Crippen LogP contribution in [0.5, 0.6) is 0 Å². The van der Waals surface area contributed by atoms with Crippen molar-refractivity contribution in [1.29, 1.82) is 0 Å². The van der Waals surface area contributed by atoms with E-state index in [0.717, 1.165) is 19.5 Å². The lowest BCUT2D eigenvalue weighted by atomic mass is 9.93. The van der Waals surface area contributed by atoms with Gasteiger partial charge < -0.3 is 14.2 Å². The fourth-order valence-electron chi connectivity index (χ4n) is 2.83. The lowest BCUT2D eigenvalue weighted by Crippen LogP contribution is -2.39.